The van der Waals surface area contributed by atoms with Crippen molar-refractivity contribution in [3.8, 4) is 33.4 Å². The molecule has 0 bridgehead atoms. The van der Waals surface area contributed by atoms with Crippen LogP contribution in [0.25, 0.3) is 33.4 Å². The van der Waals surface area contributed by atoms with Crippen LogP contribution in [0.4, 0.5) is 51.2 Å². The van der Waals surface area contributed by atoms with Gasteiger partial charge in [-0.15, -0.1) is 0 Å². The average Bonchev–Trinajstić information content (AvgIpc) is 2.58. The third kappa shape index (κ3) is 14.9. The van der Waals surface area contributed by atoms with Crippen molar-refractivity contribution in [3.05, 3.63) is 270 Å². The summed E-state index contributed by atoms with van der Waals surface area (Å²) in [5.74, 6) is 0. The number of hydrogen-bond acceptors (Lipinski definition) is 3. The molecule has 0 fully saturated rings. The van der Waals surface area contributed by atoms with E-state index in [-0.39, 0.29) is 0 Å². The number of anilines is 9. The monoisotopic (exact) mass is 1100 g/mol. The predicted molar refractivity (Wildman–Crippen MR) is 365 cm³/mol. The Balaban J connectivity index is 1.07. The molecule has 10 rings (SSSR count). The summed E-state index contributed by atoms with van der Waals surface area (Å²) in [4.78, 5) is 7.32. The molecular weight excluding hydrogens is 1010 g/mol. The Morgan fingerprint density at radius 2 is 0.440 bits per heavy atom. The Kier molecular flexibility index (Phi) is 20.4. The van der Waals surface area contributed by atoms with Gasteiger partial charge >= 0.3 is 0 Å². The highest BCUT2D eigenvalue weighted by atomic mass is 15.2. The summed E-state index contributed by atoms with van der Waals surface area (Å²) in [7, 11) is 0. The minimum absolute atomic E-state index is 1.07. The van der Waals surface area contributed by atoms with Crippen LogP contribution in [0.1, 0.15) is 132 Å². The molecule has 0 aliphatic heterocycles. The molecule has 10 aromatic rings. The van der Waals surface area contributed by atoms with Gasteiger partial charge in [-0.05, 0) is 265 Å². The van der Waals surface area contributed by atoms with E-state index in [2.05, 4.69) is 293 Å². The van der Waals surface area contributed by atoms with Gasteiger partial charge < -0.3 is 14.7 Å². The van der Waals surface area contributed by atoms with Gasteiger partial charge in [0.2, 0.25) is 0 Å². The summed E-state index contributed by atoms with van der Waals surface area (Å²) < 4.78 is 0. The second-order valence-electron chi connectivity index (χ2n) is 23.2. The number of benzene rings is 10. The van der Waals surface area contributed by atoms with E-state index in [9.17, 15) is 0 Å². The van der Waals surface area contributed by atoms with Crippen molar-refractivity contribution in [2.24, 2.45) is 0 Å². The lowest BCUT2D eigenvalue weighted by Crippen LogP contribution is -2.10. The van der Waals surface area contributed by atoms with E-state index < -0.39 is 0 Å². The molecule has 0 aliphatic carbocycles. The van der Waals surface area contributed by atoms with Crippen molar-refractivity contribution >= 4 is 51.2 Å². The molecule has 10 aromatic carbocycles. The van der Waals surface area contributed by atoms with Gasteiger partial charge in [-0.1, -0.05) is 176 Å². The first kappa shape index (κ1) is 58.8. The van der Waals surface area contributed by atoms with Crippen molar-refractivity contribution in [2.75, 3.05) is 14.7 Å². The van der Waals surface area contributed by atoms with Crippen LogP contribution in [0.2, 0.25) is 0 Å². The highest BCUT2D eigenvalue weighted by molar-refractivity contribution is 5.86. The van der Waals surface area contributed by atoms with E-state index in [4.69, 9.17) is 0 Å². The van der Waals surface area contributed by atoms with Crippen LogP contribution in [0, 0.1) is 6.92 Å². The number of unbranched alkanes of at least 4 members (excludes halogenated alkanes) is 5. The maximum atomic E-state index is 2.45. The summed E-state index contributed by atoms with van der Waals surface area (Å²) in [5, 5.41) is 0. The second kappa shape index (κ2) is 29.2. The topological polar surface area (TPSA) is 9.72 Å². The van der Waals surface area contributed by atoms with Crippen molar-refractivity contribution in [3.63, 3.8) is 0 Å². The van der Waals surface area contributed by atoms with Gasteiger partial charge in [-0.3, -0.25) is 0 Å². The third-order valence-corrected chi connectivity index (χ3v) is 16.5. The normalized spacial score (nSPS) is 11.2. The average molecular weight is 1100 g/mol. The third-order valence-electron chi connectivity index (χ3n) is 16.5. The first-order valence-electron chi connectivity index (χ1n) is 31.7. The van der Waals surface area contributed by atoms with Crippen LogP contribution in [-0.2, 0) is 32.1 Å². The molecule has 0 unspecified atom stereocenters. The molecular formula is C81H87N3. The minimum Gasteiger partial charge on any atom is -0.310 e. The summed E-state index contributed by atoms with van der Waals surface area (Å²) >= 11 is 0. The molecule has 0 atom stereocenters. The largest absolute Gasteiger partial charge is 0.310 e. The first-order chi connectivity index (χ1) is 41.3. The molecule has 0 spiro atoms. The lowest BCUT2D eigenvalue weighted by atomic mass is 9.93. The molecule has 84 heavy (non-hydrogen) atoms. The SMILES string of the molecule is CCCCc1cccc(N(c2ccc(-c3cc(-c4ccc(N(c5cccc(CCCC)c5)c5cccc(CCCC)c5)cc4)cc(-c4ccc(N(c5cccc(CCCC)c5)c5cccc(CCCC)c5)cc4)c3)cc2)c2cccc(C)c2)c1. The summed E-state index contributed by atoms with van der Waals surface area (Å²) in [6.45, 7) is 13.6. The summed E-state index contributed by atoms with van der Waals surface area (Å²) in [6, 6.07) is 89.8. The van der Waals surface area contributed by atoms with Gasteiger partial charge in [0.05, 0.1) is 0 Å². The molecule has 3 nitrogen and oxygen atoms in total. The van der Waals surface area contributed by atoms with Crippen molar-refractivity contribution < 1.29 is 0 Å². The zero-order chi connectivity index (χ0) is 58.0. The number of hydrogen-bond donors (Lipinski definition) is 0. The second-order valence-corrected chi connectivity index (χ2v) is 23.2. The fraction of sp³-hybridized carbons (Fsp3) is 0.259. The van der Waals surface area contributed by atoms with Crippen molar-refractivity contribution in [1.29, 1.82) is 0 Å². The zero-order valence-electron chi connectivity index (χ0n) is 51.0. The maximum Gasteiger partial charge on any atom is 0.0464 e. The van der Waals surface area contributed by atoms with Crippen LogP contribution in [0.5, 0.6) is 0 Å². The van der Waals surface area contributed by atoms with E-state index in [1.54, 1.807) is 0 Å². The minimum atomic E-state index is 1.07. The van der Waals surface area contributed by atoms with Crippen LogP contribution >= 0.6 is 0 Å². The molecule has 426 valence electrons. The first-order valence-corrected chi connectivity index (χ1v) is 31.7. The maximum absolute atomic E-state index is 2.45. The van der Waals surface area contributed by atoms with Crippen molar-refractivity contribution in [2.45, 2.75) is 138 Å². The van der Waals surface area contributed by atoms with Gasteiger partial charge in [-0.2, -0.15) is 0 Å². The molecule has 0 aromatic heterocycles. The van der Waals surface area contributed by atoms with Crippen molar-refractivity contribution in [1.82, 2.24) is 0 Å². The van der Waals surface area contributed by atoms with E-state index in [0.717, 1.165) is 54.9 Å². The Morgan fingerprint density at radius 3 is 0.667 bits per heavy atom. The number of nitrogens with zero attached hydrogens (tertiary/aromatic N) is 3. The fourth-order valence-corrected chi connectivity index (χ4v) is 11.8. The number of rotatable bonds is 27. The van der Waals surface area contributed by atoms with Gasteiger partial charge in [-0.25, -0.2) is 0 Å². The highest BCUT2D eigenvalue weighted by Gasteiger charge is 2.19. The summed E-state index contributed by atoms with van der Waals surface area (Å²) in [5.41, 5.74) is 25.7. The van der Waals surface area contributed by atoms with Crippen LogP contribution in [0.3, 0.4) is 0 Å². The quantitative estimate of drug-likeness (QED) is 0.0508. The van der Waals surface area contributed by atoms with Gasteiger partial charge in [0.1, 0.15) is 0 Å². The Labute approximate surface area is 504 Å². The molecule has 0 amide bonds. The summed E-state index contributed by atoms with van der Waals surface area (Å²) in [6.07, 6.45) is 17.2. The van der Waals surface area contributed by atoms with Gasteiger partial charge in [0, 0.05) is 51.2 Å². The fourth-order valence-electron chi connectivity index (χ4n) is 11.8. The standard InChI is InChI=1S/C81H87N3/c1-7-12-24-62-29-18-35-77(53-62)82(76-34-17-23-61(6)52-76)73-46-40-67(41-47-73)70-58-71(68-42-48-74(49-43-68)83(78-36-19-30-63(54-78)25-13-8-2)79-37-20-31-64(55-79)26-14-9-3)60-72(59-70)69-44-50-75(51-45-69)84(80-38-21-32-65(56-80)27-15-10-4)81-39-22-33-66(57-81)28-16-11-5/h17-23,29-60H,7-16,24-28H2,1-6H3. The lowest BCUT2D eigenvalue weighted by Gasteiger charge is -2.27. The van der Waals surface area contributed by atoms with Crippen LogP contribution in [-0.4, -0.2) is 0 Å². The Bertz CT molecular complexity index is 3410. The van der Waals surface area contributed by atoms with E-state index >= 15 is 0 Å². The molecule has 0 saturated heterocycles. The lowest BCUT2D eigenvalue weighted by molar-refractivity contribution is 0.794. The molecule has 3 heteroatoms. The van der Waals surface area contributed by atoms with Gasteiger partial charge in [0.25, 0.3) is 0 Å². The zero-order valence-corrected chi connectivity index (χ0v) is 51.0. The van der Waals surface area contributed by atoms with E-state index in [1.165, 1.54) is 159 Å². The molecule has 0 N–H and O–H groups in total. The Morgan fingerprint density at radius 1 is 0.214 bits per heavy atom. The predicted octanol–water partition coefficient (Wildman–Crippen LogP) is 24.1. The molecule has 0 aliphatic rings. The smallest absolute Gasteiger partial charge is 0.0464 e. The molecule has 0 radical (unpaired) electrons. The molecule has 0 heterocycles. The van der Waals surface area contributed by atoms with E-state index in [0.29, 0.717) is 0 Å². The van der Waals surface area contributed by atoms with Gasteiger partial charge in [0.15, 0.2) is 0 Å². The van der Waals surface area contributed by atoms with Crippen LogP contribution < -0.4 is 14.7 Å². The van der Waals surface area contributed by atoms with E-state index in [1.807, 2.05) is 0 Å². The van der Waals surface area contributed by atoms with Crippen LogP contribution in [0.15, 0.2) is 237 Å². The highest BCUT2D eigenvalue weighted by Crippen LogP contribution is 2.42. The Hall–Kier alpha value is -8.40. The molecule has 0 saturated carbocycles. The number of aryl methyl sites for hydroxylation is 6.